The smallest absolute Gasteiger partial charge is 0.305 e. The van der Waals surface area contributed by atoms with Crippen molar-refractivity contribution in [2.45, 2.75) is 18.9 Å². The first kappa shape index (κ1) is 10.8. The van der Waals surface area contributed by atoms with Crippen molar-refractivity contribution in [3.05, 3.63) is 24.3 Å². The summed E-state index contributed by atoms with van der Waals surface area (Å²) in [6, 6.07) is 7.52. The van der Waals surface area contributed by atoms with Crippen molar-refractivity contribution in [2.75, 3.05) is 13.7 Å². The second kappa shape index (κ2) is 4.88. The highest BCUT2D eigenvalue weighted by Crippen LogP contribution is 2.31. The number of rotatable bonds is 3. The van der Waals surface area contributed by atoms with Gasteiger partial charge in [-0.3, -0.25) is 4.79 Å². The molecule has 4 heteroatoms. The summed E-state index contributed by atoms with van der Waals surface area (Å²) >= 11 is 0. The molecule has 0 aliphatic carbocycles. The van der Waals surface area contributed by atoms with Gasteiger partial charge in [0, 0.05) is 6.42 Å². The van der Waals surface area contributed by atoms with E-state index in [0.29, 0.717) is 19.4 Å². The molecule has 0 N–H and O–H groups in total. The van der Waals surface area contributed by atoms with E-state index in [0.717, 1.165) is 11.5 Å². The highest BCUT2D eigenvalue weighted by Gasteiger charge is 2.21. The molecule has 1 heterocycles. The van der Waals surface area contributed by atoms with Crippen LogP contribution in [0, 0.1) is 0 Å². The third-order valence-corrected chi connectivity index (χ3v) is 2.47. The van der Waals surface area contributed by atoms with Crippen LogP contribution in [0.5, 0.6) is 11.5 Å². The number of carbonyl (C=O) groups excluding carboxylic acids is 1. The normalized spacial score (nSPS) is 17.9. The van der Waals surface area contributed by atoms with E-state index in [-0.39, 0.29) is 12.1 Å². The predicted octanol–water partition coefficient (Wildman–Crippen LogP) is 1.78. The van der Waals surface area contributed by atoms with Crippen molar-refractivity contribution in [1.82, 2.24) is 0 Å². The molecule has 1 aliphatic heterocycles. The van der Waals surface area contributed by atoms with E-state index in [1.165, 1.54) is 7.11 Å². The van der Waals surface area contributed by atoms with Crippen LogP contribution in [-0.4, -0.2) is 25.8 Å². The van der Waals surface area contributed by atoms with Crippen molar-refractivity contribution in [3.8, 4) is 11.5 Å². The van der Waals surface area contributed by atoms with Crippen molar-refractivity contribution < 1.29 is 19.0 Å². The minimum absolute atomic E-state index is 0.0750. The van der Waals surface area contributed by atoms with E-state index in [1.54, 1.807) is 0 Å². The number of methoxy groups -OCH3 is 1. The van der Waals surface area contributed by atoms with Crippen LogP contribution in [0.25, 0.3) is 0 Å². The molecule has 1 aromatic rings. The predicted molar refractivity (Wildman–Crippen MR) is 57.6 cm³/mol. The van der Waals surface area contributed by atoms with Crippen molar-refractivity contribution in [3.63, 3.8) is 0 Å². The molecule has 0 bridgehead atoms. The Morgan fingerprint density at radius 3 is 2.94 bits per heavy atom. The van der Waals surface area contributed by atoms with Gasteiger partial charge < -0.3 is 14.2 Å². The number of para-hydroxylation sites is 2. The van der Waals surface area contributed by atoms with Crippen LogP contribution in [0.2, 0.25) is 0 Å². The van der Waals surface area contributed by atoms with Gasteiger partial charge in [0.05, 0.1) is 7.11 Å². The SMILES string of the molecule is COC(=O)CCC1COc2ccccc2O1. The first-order chi connectivity index (χ1) is 7.79. The zero-order valence-corrected chi connectivity index (χ0v) is 9.14. The van der Waals surface area contributed by atoms with Gasteiger partial charge in [-0.25, -0.2) is 0 Å². The largest absolute Gasteiger partial charge is 0.486 e. The quantitative estimate of drug-likeness (QED) is 0.731. The van der Waals surface area contributed by atoms with Gasteiger partial charge in [-0.2, -0.15) is 0 Å². The first-order valence-electron chi connectivity index (χ1n) is 5.25. The molecular weight excluding hydrogens is 208 g/mol. The van der Waals surface area contributed by atoms with Crippen LogP contribution >= 0.6 is 0 Å². The van der Waals surface area contributed by atoms with E-state index in [9.17, 15) is 4.79 Å². The molecule has 0 aromatic heterocycles. The summed E-state index contributed by atoms with van der Waals surface area (Å²) < 4.78 is 15.8. The maximum Gasteiger partial charge on any atom is 0.305 e. The molecule has 0 amide bonds. The minimum atomic E-state index is -0.220. The summed E-state index contributed by atoms with van der Waals surface area (Å²) in [5.41, 5.74) is 0. The highest BCUT2D eigenvalue weighted by molar-refractivity contribution is 5.69. The Morgan fingerprint density at radius 1 is 1.44 bits per heavy atom. The fraction of sp³-hybridized carbons (Fsp3) is 0.417. The molecule has 1 unspecified atom stereocenters. The van der Waals surface area contributed by atoms with Crippen molar-refractivity contribution >= 4 is 5.97 Å². The number of carbonyl (C=O) groups is 1. The van der Waals surface area contributed by atoms with Crippen LogP contribution in [0.1, 0.15) is 12.8 Å². The van der Waals surface area contributed by atoms with Gasteiger partial charge in [-0.05, 0) is 18.6 Å². The van der Waals surface area contributed by atoms with Gasteiger partial charge >= 0.3 is 5.97 Å². The lowest BCUT2D eigenvalue weighted by atomic mass is 10.2. The van der Waals surface area contributed by atoms with Crippen molar-refractivity contribution in [1.29, 1.82) is 0 Å². The molecule has 0 radical (unpaired) electrons. The van der Waals surface area contributed by atoms with Crippen LogP contribution in [-0.2, 0) is 9.53 Å². The standard InChI is InChI=1S/C12H14O4/c1-14-12(13)7-6-9-8-15-10-4-2-3-5-11(10)16-9/h2-5,9H,6-8H2,1H3. The van der Waals surface area contributed by atoms with Gasteiger partial charge in [0.2, 0.25) is 0 Å². The Morgan fingerprint density at radius 2 is 2.19 bits per heavy atom. The Labute approximate surface area is 94.1 Å². The maximum atomic E-state index is 11.0. The Bertz CT molecular complexity index is 375. The molecule has 1 aliphatic rings. The van der Waals surface area contributed by atoms with Gasteiger partial charge in [0.25, 0.3) is 0 Å². The third-order valence-electron chi connectivity index (χ3n) is 2.47. The van der Waals surface area contributed by atoms with E-state index >= 15 is 0 Å². The second-order valence-corrected chi connectivity index (χ2v) is 3.61. The van der Waals surface area contributed by atoms with Crippen LogP contribution in [0.15, 0.2) is 24.3 Å². The lowest BCUT2D eigenvalue weighted by Crippen LogP contribution is -2.29. The summed E-state index contributed by atoms with van der Waals surface area (Å²) in [5, 5.41) is 0. The molecule has 0 fully saturated rings. The van der Waals surface area contributed by atoms with Gasteiger partial charge in [0.15, 0.2) is 11.5 Å². The van der Waals surface area contributed by atoms with E-state index in [1.807, 2.05) is 24.3 Å². The first-order valence-corrected chi connectivity index (χ1v) is 5.25. The lowest BCUT2D eigenvalue weighted by molar-refractivity contribution is -0.141. The topological polar surface area (TPSA) is 44.8 Å². The maximum absolute atomic E-state index is 11.0. The average molecular weight is 222 g/mol. The molecule has 1 aromatic carbocycles. The molecule has 16 heavy (non-hydrogen) atoms. The van der Waals surface area contributed by atoms with E-state index < -0.39 is 0 Å². The fourth-order valence-electron chi connectivity index (χ4n) is 1.59. The zero-order chi connectivity index (χ0) is 11.4. The second-order valence-electron chi connectivity index (χ2n) is 3.61. The minimum Gasteiger partial charge on any atom is -0.486 e. The average Bonchev–Trinajstić information content (AvgIpc) is 2.35. The monoisotopic (exact) mass is 222 g/mol. The van der Waals surface area contributed by atoms with E-state index in [4.69, 9.17) is 9.47 Å². The Kier molecular flexibility index (Phi) is 3.29. The van der Waals surface area contributed by atoms with Crippen LogP contribution in [0.4, 0.5) is 0 Å². The molecule has 0 saturated carbocycles. The highest BCUT2D eigenvalue weighted by atomic mass is 16.6. The van der Waals surface area contributed by atoms with Gasteiger partial charge in [0.1, 0.15) is 12.7 Å². The number of ether oxygens (including phenoxy) is 3. The molecule has 2 rings (SSSR count). The van der Waals surface area contributed by atoms with Gasteiger partial charge in [-0.15, -0.1) is 0 Å². The fourth-order valence-corrected chi connectivity index (χ4v) is 1.59. The van der Waals surface area contributed by atoms with Crippen LogP contribution in [0.3, 0.4) is 0 Å². The number of hydrogen-bond donors (Lipinski definition) is 0. The summed E-state index contributed by atoms with van der Waals surface area (Å²) in [4.78, 5) is 11.0. The van der Waals surface area contributed by atoms with Crippen LogP contribution < -0.4 is 9.47 Å². The molecule has 86 valence electrons. The summed E-state index contributed by atoms with van der Waals surface area (Å²) in [6.45, 7) is 0.480. The number of fused-ring (bicyclic) bond motifs is 1. The Hall–Kier alpha value is -1.71. The molecule has 0 saturated heterocycles. The van der Waals surface area contributed by atoms with Crippen molar-refractivity contribution in [2.24, 2.45) is 0 Å². The summed E-state index contributed by atoms with van der Waals surface area (Å²) in [6.07, 6.45) is 0.891. The molecular formula is C12H14O4. The molecule has 1 atom stereocenters. The summed E-state index contributed by atoms with van der Waals surface area (Å²) in [7, 11) is 1.38. The lowest BCUT2D eigenvalue weighted by Gasteiger charge is -2.26. The number of benzene rings is 1. The third kappa shape index (κ3) is 2.45. The summed E-state index contributed by atoms with van der Waals surface area (Å²) in [5.74, 6) is 1.28. The molecule has 4 nitrogen and oxygen atoms in total. The molecule has 0 spiro atoms. The van der Waals surface area contributed by atoms with Gasteiger partial charge in [-0.1, -0.05) is 12.1 Å². The zero-order valence-electron chi connectivity index (χ0n) is 9.14. The number of hydrogen-bond acceptors (Lipinski definition) is 4. The van der Waals surface area contributed by atoms with E-state index in [2.05, 4.69) is 4.74 Å². The number of esters is 1. The Balaban J connectivity index is 1.90.